The van der Waals surface area contributed by atoms with Crippen LogP contribution >= 0.6 is 0 Å². The average molecular weight is 632 g/mol. The summed E-state index contributed by atoms with van der Waals surface area (Å²) < 4.78 is 12.6. The van der Waals surface area contributed by atoms with Gasteiger partial charge in [0.15, 0.2) is 8.32 Å². The topological polar surface area (TPSA) is 84.9 Å². The van der Waals surface area contributed by atoms with Crippen molar-refractivity contribution in [2.75, 3.05) is 0 Å². The van der Waals surface area contributed by atoms with E-state index >= 15 is 0 Å². The normalized spacial score (nSPS) is 14.3. The van der Waals surface area contributed by atoms with E-state index in [0.29, 0.717) is 12.8 Å². The molecule has 0 radical (unpaired) electrons. The number of carboxylic acid groups (broad SMARTS) is 1. The largest absolute Gasteiger partial charge is 0.481 e. The predicted molar refractivity (Wildman–Crippen MR) is 185 cm³/mol. The molecule has 7 heteroatoms. The van der Waals surface area contributed by atoms with E-state index in [1.165, 1.54) is 11.1 Å². The lowest BCUT2D eigenvalue weighted by molar-refractivity contribution is -0.142. The number of amides is 1. The average Bonchev–Trinajstić information content (AvgIpc) is 2.95. The van der Waals surface area contributed by atoms with Gasteiger partial charge < -0.3 is 19.6 Å². The Bertz CT molecular complexity index is 1340. The third kappa shape index (κ3) is 12.1. The van der Waals surface area contributed by atoms with Gasteiger partial charge in [-0.25, -0.2) is 4.79 Å². The van der Waals surface area contributed by atoms with Gasteiger partial charge in [-0.2, -0.15) is 0 Å². The van der Waals surface area contributed by atoms with Crippen LogP contribution in [0.5, 0.6) is 0 Å². The van der Waals surface area contributed by atoms with Crippen molar-refractivity contribution < 1.29 is 23.9 Å². The van der Waals surface area contributed by atoms with E-state index < -0.39 is 44.0 Å². The summed E-state index contributed by atoms with van der Waals surface area (Å²) in [7, 11) is -2.37. The molecule has 0 aliphatic carbocycles. The minimum absolute atomic E-state index is 0.108. The van der Waals surface area contributed by atoms with Crippen LogP contribution in [0.1, 0.15) is 70.2 Å². The molecule has 0 saturated heterocycles. The highest BCUT2D eigenvalue weighted by Gasteiger charge is 2.42. The SMILES string of the molecule is CC(C)(C)OC(=O)NC(Cc1ccccc1)C(CC(Cc1ccc(CCc2ccccc2)cc1)C(=O)O)O[Si](C)(C)C(C)(C)C. The number of alkyl carbamates (subject to hydrolysis) is 1. The first-order valence-electron chi connectivity index (χ1n) is 16.1. The van der Waals surface area contributed by atoms with Gasteiger partial charge in [-0.1, -0.05) is 106 Å². The summed E-state index contributed by atoms with van der Waals surface area (Å²) in [5.41, 5.74) is 3.84. The van der Waals surface area contributed by atoms with E-state index in [1.807, 2.05) is 69.3 Å². The molecule has 2 N–H and O–H groups in total. The Labute approximate surface area is 271 Å². The molecule has 0 fully saturated rings. The van der Waals surface area contributed by atoms with Crippen molar-refractivity contribution >= 4 is 20.4 Å². The summed E-state index contributed by atoms with van der Waals surface area (Å²) in [6, 6.07) is 28.1. The molecular weight excluding hydrogens is 579 g/mol. The van der Waals surface area contributed by atoms with E-state index in [1.54, 1.807) is 0 Å². The summed E-state index contributed by atoms with van der Waals surface area (Å²) in [5, 5.41) is 13.4. The highest BCUT2D eigenvalue weighted by atomic mass is 28.4. The van der Waals surface area contributed by atoms with Crippen molar-refractivity contribution in [1.29, 1.82) is 0 Å². The van der Waals surface area contributed by atoms with Crippen LogP contribution in [0, 0.1) is 5.92 Å². The van der Waals surface area contributed by atoms with Crippen LogP contribution in [-0.2, 0) is 39.6 Å². The maximum absolute atomic E-state index is 13.1. The lowest BCUT2D eigenvalue weighted by Crippen LogP contribution is -2.54. The monoisotopic (exact) mass is 631 g/mol. The summed E-state index contributed by atoms with van der Waals surface area (Å²) in [5.74, 6) is -1.57. The van der Waals surface area contributed by atoms with Crippen LogP contribution < -0.4 is 5.32 Å². The van der Waals surface area contributed by atoms with E-state index in [-0.39, 0.29) is 11.5 Å². The molecule has 3 atom stereocenters. The standard InChI is InChI=1S/C38H53NO5Si/c1-37(2,3)43-36(42)39-33(26-30-17-13-10-14-18-30)34(44-45(7,8)38(4,5)6)27-32(35(40)41)25-31-23-21-29(22-24-31)20-19-28-15-11-9-12-16-28/h9-18,21-24,32-34H,19-20,25-27H2,1-8H3,(H,39,42)(H,40,41). The molecule has 45 heavy (non-hydrogen) atoms. The first-order chi connectivity index (χ1) is 21.0. The number of benzene rings is 3. The van der Waals surface area contributed by atoms with E-state index in [2.05, 4.69) is 75.6 Å². The van der Waals surface area contributed by atoms with Gasteiger partial charge in [0, 0.05) is 0 Å². The second-order valence-electron chi connectivity index (χ2n) is 14.6. The summed E-state index contributed by atoms with van der Waals surface area (Å²) in [6.45, 7) is 16.3. The molecule has 3 aromatic carbocycles. The number of ether oxygens (including phenoxy) is 1. The number of rotatable bonds is 14. The molecule has 0 aliphatic heterocycles. The molecule has 0 bridgehead atoms. The van der Waals surface area contributed by atoms with Gasteiger partial charge in [0.1, 0.15) is 5.60 Å². The molecule has 0 aromatic heterocycles. The predicted octanol–water partition coefficient (Wildman–Crippen LogP) is 8.63. The number of hydrogen-bond donors (Lipinski definition) is 2. The van der Waals surface area contributed by atoms with E-state index in [9.17, 15) is 14.7 Å². The maximum atomic E-state index is 13.1. The first-order valence-corrected chi connectivity index (χ1v) is 19.0. The second kappa shape index (κ2) is 15.7. The molecule has 6 nitrogen and oxygen atoms in total. The van der Waals surface area contributed by atoms with Crippen molar-refractivity contribution in [3.05, 3.63) is 107 Å². The van der Waals surface area contributed by atoms with Gasteiger partial charge in [-0.15, -0.1) is 0 Å². The fraction of sp³-hybridized carbons (Fsp3) is 0.474. The lowest BCUT2D eigenvalue weighted by atomic mass is 9.89. The number of hydrogen-bond acceptors (Lipinski definition) is 4. The van der Waals surface area contributed by atoms with Crippen LogP contribution in [0.4, 0.5) is 4.79 Å². The smallest absolute Gasteiger partial charge is 0.407 e. The summed E-state index contributed by atoms with van der Waals surface area (Å²) in [4.78, 5) is 25.9. The Hall–Kier alpha value is -3.42. The van der Waals surface area contributed by atoms with Crippen molar-refractivity contribution in [3.8, 4) is 0 Å². The molecule has 0 heterocycles. The molecule has 3 unspecified atom stereocenters. The molecule has 0 saturated carbocycles. The van der Waals surface area contributed by atoms with Crippen LogP contribution in [0.3, 0.4) is 0 Å². The zero-order valence-corrected chi connectivity index (χ0v) is 29.4. The van der Waals surface area contributed by atoms with Gasteiger partial charge in [0.05, 0.1) is 18.1 Å². The van der Waals surface area contributed by atoms with Crippen LogP contribution in [0.25, 0.3) is 0 Å². The third-order valence-electron chi connectivity index (χ3n) is 8.62. The fourth-order valence-electron chi connectivity index (χ4n) is 5.06. The van der Waals surface area contributed by atoms with Gasteiger partial charge in [0.25, 0.3) is 0 Å². The first kappa shape index (κ1) is 36.0. The highest BCUT2D eigenvalue weighted by Crippen LogP contribution is 2.39. The molecule has 0 spiro atoms. The van der Waals surface area contributed by atoms with Gasteiger partial charge in [0.2, 0.25) is 0 Å². The van der Waals surface area contributed by atoms with Crippen LogP contribution in [-0.4, -0.2) is 43.2 Å². The molecule has 1 amide bonds. The minimum Gasteiger partial charge on any atom is -0.481 e. The maximum Gasteiger partial charge on any atom is 0.407 e. The molecule has 244 valence electrons. The molecule has 3 rings (SSSR count). The van der Waals surface area contributed by atoms with Crippen LogP contribution in [0.15, 0.2) is 84.9 Å². The number of nitrogens with one attached hydrogen (secondary N) is 1. The van der Waals surface area contributed by atoms with Crippen LogP contribution in [0.2, 0.25) is 18.1 Å². The van der Waals surface area contributed by atoms with E-state index in [0.717, 1.165) is 24.0 Å². The van der Waals surface area contributed by atoms with Crippen molar-refractivity contribution in [2.45, 2.75) is 110 Å². The van der Waals surface area contributed by atoms with E-state index in [4.69, 9.17) is 9.16 Å². The minimum atomic E-state index is -2.37. The van der Waals surface area contributed by atoms with Crippen molar-refractivity contribution in [3.63, 3.8) is 0 Å². The summed E-state index contributed by atoms with van der Waals surface area (Å²) >= 11 is 0. The Balaban J connectivity index is 1.87. The zero-order chi connectivity index (χ0) is 33.3. The molecular formula is C38H53NO5Si. The Morgan fingerprint density at radius 2 is 1.20 bits per heavy atom. The number of carbonyl (C=O) groups is 2. The number of carboxylic acids is 1. The number of carbonyl (C=O) groups excluding carboxylic acids is 1. The lowest BCUT2D eigenvalue weighted by Gasteiger charge is -2.42. The number of aliphatic carboxylic acids is 1. The summed E-state index contributed by atoms with van der Waals surface area (Å²) in [6.07, 6.45) is 1.92. The van der Waals surface area contributed by atoms with Crippen molar-refractivity contribution in [1.82, 2.24) is 5.32 Å². The van der Waals surface area contributed by atoms with Crippen molar-refractivity contribution in [2.24, 2.45) is 5.92 Å². The van der Waals surface area contributed by atoms with Gasteiger partial charge in [-0.05, 0) is 93.3 Å². The third-order valence-corrected chi connectivity index (χ3v) is 13.1. The Morgan fingerprint density at radius 1 is 0.733 bits per heavy atom. The zero-order valence-electron chi connectivity index (χ0n) is 28.4. The van der Waals surface area contributed by atoms with Gasteiger partial charge in [-0.3, -0.25) is 4.79 Å². The fourth-order valence-corrected chi connectivity index (χ4v) is 6.43. The second-order valence-corrected chi connectivity index (χ2v) is 19.4. The Kier molecular flexibility index (Phi) is 12.6. The highest BCUT2D eigenvalue weighted by molar-refractivity contribution is 6.74. The van der Waals surface area contributed by atoms with Gasteiger partial charge >= 0.3 is 12.1 Å². The molecule has 3 aromatic rings. The Morgan fingerprint density at radius 3 is 1.69 bits per heavy atom. The molecule has 0 aliphatic rings. The number of aryl methyl sites for hydroxylation is 2. The quantitative estimate of drug-likeness (QED) is 0.174.